The van der Waals surface area contributed by atoms with Gasteiger partial charge < -0.3 is 14.2 Å². The summed E-state index contributed by atoms with van der Waals surface area (Å²) in [5, 5.41) is 8.95. The van der Waals surface area contributed by atoms with E-state index in [9.17, 15) is 0 Å². The molecule has 0 fully saturated rings. The van der Waals surface area contributed by atoms with Gasteiger partial charge >= 0.3 is 0 Å². The first-order valence-corrected chi connectivity index (χ1v) is 5.41. The van der Waals surface area contributed by atoms with E-state index in [1.165, 1.54) is 0 Å². The number of ether oxygens (including phenoxy) is 3. The van der Waals surface area contributed by atoms with Gasteiger partial charge in [-0.2, -0.15) is 5.26 Å². The summed E-state index contributed by atoms with van der Waals surface area (Å²) in [5.74, 6) is 1.46. The maximum atomic E-state index is 8.95. The number of benzene rings is 1. The highest BCUT2D eigenvalue weighted by atomic mass is 16.7. The minimum absolute atomic E-state index is 0.257. The Hall–Kier alpha value is -1.99. The smallest absolute Gasteiger partial charge is 0.231 e. The molecule has 1 heterocycles. The Morgan fingerprint density at radius 1 is 1.47 bits per heavy atom. The highest BCUT2D eigenvalue weighted by molar-refractivity contribution is 5.61. The van der Waals surface area contributed by atoms with E-state index in [0.717, 1.165) is 11.3 Å². The zero-order chi connectivity index (χ0) is 12.1. The number of rotatable bonds is 4. The van der Waals surface area contributed by atoms with Crippen LogP contribution in [0, 0.1) is 11.3 Å². The van der Waals surface area contributed by atoms with Gasteiger partial charge in [-0.3, -0.25) is 0 Å². The zero-order valence-corrected chi connectivity index (χ0v) is 9.60. The first-order valence-electron chi connectivity index (χ1n) is 5.41. The molecule has 2 rings (SSSR count). The second-order valence-electron chi connectivity index (χ2n) is 3.53. The van der Waals surface area contributed by atoms with Gasteiger partial charge in [0.15, 0.2) is 11.5 Å². The topological polar surface area (TPSA) is 51.5 Å². The quantitative estimate of drug-likeness (QED) is 0.746. The molecule has 4 heteroatoms. The van der Waals surface area contributed by atoms with Crippen molar-refractivity contribution in [1.29, 1.82) is 5.26 Å². The summed E-state index contributed by atoms with van der Waals surface area (Å²) in [6.45, 7) is 3.09. The minimum atomic E-state index is 0.257. The second-order valence-corrected chi connectivity index (χ2v) is 3.53. The lowest BCUT2D eigenvalue weighted by molar-refractivity contribution is 0.173. The number of fused-ring (bicyclic) bond motifs is 1. The molecule has 1 aliphatic rings. The van der Waals surface area contributed by atoms with E-state index in [0.29, 0.717) is 24.5 Å². The van der Waals surface area contributed by atoms with Gasteiger partial charge in [0, 0.05) is 6.61 Å². The molecule has 88 valence electrons. The second kappa shape index (κ2) is 5.37. The monoisotopic (exact) mass is 231 g/mol. The van der Waals surface area contributed by atoms with Gasteiger partial charge in [0.2, 0.25) is 6.79 Å². The van der Waals surface area contributed by atoms with Crippen LogP contribution in [0.2, 0.25) is 0 Å². The lowest BCUT2D eigenvalue weighted by Crippen LogP contribution is -1.95. The Morgan fingerprint density at radius 3 is 3.06 bits per heavy atom. The fourth-order valence-corrected chi connectivity index (χ4v) is 1.52. The number of hydrogen-bond acceptors (Lipinski definition) is 4. The zero-order valence-electron chi connectivity index (χ0n) is 9.60. The van der Waals surface area contributed by atoms with Crippen molar-refractivity contribution < 1.29 is 14.2 Å². The van der Waals surface area contributed by atoms with Gasteiger partial charge in [-0.25, -0.2) is 0 Å². The summed E-state index contributed by atoms with van der Waals surface area (Å²) in [6, 6.07) is 7.69. The van der Waals surface area contributed by atoms with Crippen LogP contribution >= 0.6 is 0 Å². The highest BCUT2D eigenvalue weighted by Crippen LogP contribution is 2.33. The van der Waals surface area contributed by atoms with Crippen LogP contribution in [0.4, 0.5) is 0 Å². The first-order chi connectivity index (χ1) is 8.33. The van der Waals surface area contributed by atoms with E-state index >= 15 is 0 Å². The molecule has 17 heavy (non-hydrogen) atoms. The van der Waals surface area contributed by atoms with E-state index in [1.807, 2.05) is 25.1 Å². The molecule has 0 spiro atoms. The van der Waals surface area contributed by atoms with Crippen LogP contribution in [0.25, 0.3) is 6.08 Å². The number of nitrogens with zero attached hydrogens (tertiary/aromatic N) is 1. The van der Waals surface area contributed by atoms with Crippen LogP contribution in [-0.4, -0.2) is 20.0 Å². The summed E-state index contributed by atoms with van der Waals surface area (Å²) < 4.78 is 15.7. The van der Waals surface area contributed by atoms with E-state index in [-0.39, 0.29) is 6.79 Å². The summed E-state index contributed by atoms with van der Waals surface area (Å²) in [7, 11) is 0. The Balaban J connectivity index is 2.17. The predicted molar refractivity (Wildman–Crippen MR) is 62.6 cm³/mol. The maximum Gasteiger partial charge on any atom is 0.231 e. The van der Waals surface area contributed by atoms with Gasteiger partial charge in [-0.15, -0.1) is 0 Å². The molecular formula is C13H13NO3. The summed E-state index contributed by atoms with van der Waals surface area (Å²) in [6.07, 6.45) is 1.79. The van der Waals surface area contributed by atoms with Crippen molar-refractivity contribution in [3.63, 3.8) is 0 Å². The van der Waals surface area contributed by atoms with Crippen molar-refractivity contribution in [2.75, 3.05) is 20.0 Å². The molecule has 0 aromatic heterocycles. The lowest BCUT2D eigenvalue weighted by Gasteiger charge is -2.01. The highest BCUT2D eigenvalue weighted by Gasteiger charge is 2.12. The fraction of sp³-hybridized carbons (Fsp3) is 0.308. The molecule has 0 amide bonds. The molecule has 0 radical (unpaired) electrons. The van der Waals surface area contributed by atoms with Crippen LogP contribution in [0.15, 0.2) is 23.8 Å². The average Bonchev–Trinajstić information content (AvgIpc) is 2.81. The number of hydrogen-bond donors (Lipinski definition) is 0. The molecule has 0 N–H and O–H groups in total. The third-order valence-corrected chi connectivity index (χ3v) is 2.34. The van der Waals surface area contributed by atoms with Crippen LogP contribution in [0.1, 0.15) is 12.5 Å². The molecule has 0 unspecified atom stereocenters. The Labute approximate surface area is 100 Å². The van der Waals surface area contributed by atoms with Crippen LogP contribution in [0.3, 0.4) is 0 Å². The lowest BCUT2D eigenvalue weighted by atomic mass is 10.1. The molecule has 1 aromatic rings. The molecule has 0 saturated heterocycles. The normalized spacial score (nSPS) is 13.5. The van der Waals surface area contributed by atoms with Crippen molar-refractivity contribution in [3.05, 3.63) is 29.3 Å². The molecule has 0 aliphatic carbocycles. The Kier molecular flexibility index (Phi) is 3.63. The first kappa shape index (κ1) is 11.5. The summed E-state index contributed by atoms with van der Waals surface area (Å²) in [4.78, 5) is 0. The molecule has 1 aromatic carbocycles. The van der Waals surface area contributed by atoms with E-state index in [1.54, 1.807) is 6.08 Å². The maximum absolute atomic E-state index is 8.95. The predicted octanol–water partition coefficient (Wildman–Crippen LogP) is 2.36. The largest absolute Gasteiger partial charge is 0.454 e. The van der Waals surface area contributed by atoms with Crippen molar-refractivity contribution in [3.8, 4) is 17.6 Å². The molecule has 0 bridgehead atoms. The van der Waals surface area contributed by atoms with Crippen molar-refractivity contribution in [2.24, 2.45) is 0 Å². The molecule has 0 atom stereocenters. The minimum Gasteiger partial charge on any atom is -0.454 e. The molecular weight excluding hydrogens is 218 g/mol. The van der Waals surface area contributed by atoms with Crippen LogP contribution in [0.5, 0.6) is 11.5 Å². The van der Waals surface area contributed by atoms with E-state index in [4.69, 9.17) is 19.5 Å². The molecule has 1 aliphatic heterocycles. The van der Waals surface area contributed by atoms with Gasteiger partial charge in [0.1, 0.15) is 0 Å². The van der Waals surface area contributed by atoms with Gasteiger partial charge in [-0.05, 0) is 30.7 Å². The number of nitriles is 1. The van der Waals surface area contributed by atoms with Gasteiger partial charge in [0.25, 0.3) is 0 Å². The Bertz CT molecular complexity index is 474. The molecule has 0 saturated carbocycles. The van der Waals surface area contributed by atoms with Crippen LogP contribution in [-0.2, 0) is 4.74 Å². The fourth-order valence-electron chi connectivity index (χ4n) is 1.52. The van der Waals surface area contributed by atoms with E-state index < -0.39 is 0 Å². The standard InChI is InChI=1S/C13H13NO3/c1-2-15-8-11(7-14)5-10-3-4-12-13(6-10)17-9-16-12/h3-6H,2,8-9H2,1H3. The van der Waals surface area contributed by atoms with Gasteiger partial charge in [0.05, 0.1) is 18.2 Å². The average molecular weight is 231 g/mol. The summed E-state index contributed by atoms with van der Waals surface area (Å²) in [5.41, 5.74) is 1.50. The third kappa shape index (κ3) is 2.77. The van der Waals surface area contributed by atoms with Crippen molar-refractivity contribution in [1.82, 2.24) is 0 Å². The SMILES string of the molecule is CCOCC(C#N)=Cc1ccc2c(c1)OCO2. The summed E-state index contributed by atoms with van der Waals surface area (Å²) >= 11 is 0. The van der Waals surface area contributed by atoms with Crippen LogP contribution < -0.4 is 9.47 Å². The molecule has 4 nitrogen and oxygen atoms in total. The Morgan fingerprint density at radius 2 is 2.29 bits per heavy atom. The third-order valence-electron chi connectivity index (χ3n) is 2.34. The van der Waals surface area contributed by atoms with Gasteiger partial charge in [-0.1, -0.05) is 6.07 Å². The van der Waals surface area contributed by atoms with Crippen molar-refractivity contribution in [2.45, 2.75) is 6.92 Å². The van der Waals surface area contributed by atoms with Crippen molar-refractivity contribution >= 4 is 6.08 Å². The van der Waals surface area contributed by atoms with E-state index in [2.05, 4.69) is 6.07 Å².